The Labute approximate surface area is 165 Å². The Morgan fingerprint density at radius 3 is 1.64 bits per heavy atom. The van der Waals surface area contributed by atoms with E-state index in [1.807, 2.05) is 23.1 Å². The van der Waals surface area contributed by atoms with Crippen LogP contribution in [0.2, 0.25) is 0 Å². The SMILES string of the molecule is CC(=O)N1CCN(C(=O)C2(C(=O)N3CCN(c4ccccc4)CC3)CC2)CC1. The summed E-state index contributed by atoms with van der Waals surface area (Å²) in [7, 11) is 0. The van der Waals surface area contributed by atoms with Gasteiger partial charge in [-0.05, 0) is 25.0 Å². The molecule has 7 heteroatoms. The van der Waals surface area contributed by atoms with E-state index in [0.717, 1.165) is 13.1 Å². The zero-order chi connectivity index (χ0) is 19.7. The molecular formula is C21H28N4O3. The van der Waals surface area contributed by atoms with E-state index < -0.39 is 5.41 Å². The predicted octanol–water partition coefficient (Wildman–Crippen LogP) is 0.806. The Balaban J connectivity index is 1.34. The second-order valence-corrected chi connectivity index (χ2v) is 8.00. The number of benzene rings is 1. The molecule has 0 N–H and O–H groups in total. The molecule has 1 aliphatic carbocycles. The van der Waals surface area contributed by atoms with Gasteiger partial charge in [-0.25, -0.2) is 0 Å². The molecule has 2 heterocycles. The third-order valence-corrected chi connectivity index (χ3v) is 6.27. The van der Waals surface area contributed by atoms with Crippen molar-refractivity contribution >= 4 is 23.4 Å². The minimum absolute atomic E-state index is 0.000732. The van der Waals surface area contributed by atoms with Gasteiger partial charge >= 0.3 is 0 Å². The zero-order valence-corrected chi connectivity index (χ0v) is 16.5. The van der Waals surface area contributed by atoms with Crippen molar-refractivity contribution in [2.24, 2.45) is 5.41 Å². The van der Waals surface area contributed by atoms with Gasteiger partial charge in [-0.1, -0.05) is 18.2 Å². The van der Waals surface area contributed by atoms with E-state index in [1.54, 1.807) is 16.7 Å². The molecule has 1 aromatic rings. The molecule has 0 unspecified atom stereocenters. The predicted molar refractivity (Wildman–Crippen MR) is 106 cm³/mol. The van der Waals surface area contributed by atoms with Gasteiger partial charge in [0.05, 0.1) is 0 Å². The fourth-order valence-electron chi connectivity index (χ4n) is 4.28. The van der Waals surface area contributed by atoms with Crippen LogP contribution in [0.3, 0.4) is 0 Å². The molecule has 3 aliphatic rings. The van der Waals surface area contributed by atoms with E-state index in [9.17, 15) is 14.4 Å². The van der Waals surface area contributed by atoms with Crippen LogP contribution in [0.1, 0.15) is 19.8 Å². The molecule has 2 aliphatic heterocycles. The molecule has 28 heavy (non-hydrogen) atoms. The Morgan fingerprint density at radius 1 is 0.714 bits per heavy atom. The van der Waals surface area contributed by atoms with Crippen molar-refractivity contribution in [1.29, 1.82) is 0 Å². The van der Waals surface area contributed by atoms with Crippen molar-refractivity contribution in [2.45, 2.75) is 19.8 Å². The number of hydrogen-bond acceptors (Lipinski definition) is 4. The van der Waals surface area contributed by atoms with Crippen molar-refractivity contribution in [2.75, 3.05) is 57.3 Å². The number of hydrogen-bond donors (Lipinski definition) is 0. The molecule has 0 spiro atoms. The van der Waals surface area contributed by atoms with Crippen LogP contribution in [0.4, 0.5) is 5.69 Å². The van der Waals surface area contributed by atoms with Gasteiger partial charge in [0.2, 0.25) is 17.7 Å². The van der Waals surface area contributed by atoms with Crippen LogP contribution in [0.15, 0.2) is 30.3 Å². The number of carbonyl (C=O) groups is 3. The molecule has 3 amide bonds. The van der Waals surface area contributed by atoms with Crippen LogP contribution in [0, 0.1) is 5.41 Å². The summed E-state index contributed by atoms with van der Waals surface area (Å²) in [6, 6.07) is 10.2. The fraction of sp³-hybridized carbons (Fsp3) is 0.571. The third kappa shape index (κ3) is 3.45. The number of anilines is 1. The van der Waals surface area contributed by atoms with Crippen LogP contribution in [-0.2, 0) is 14.4 Å². The van der Waals surface area contributed by atoms with Crippen LogP contribution >= 0.6 is 0 Å². The highest BCUT2D eigenvalue weighted by atomic mass is 16.2. The van der Waals surface area contributed by atoms with E-state index in [-0.39, 0.29) is 17.7 Å². The molecule has 4 rings (SSSR count). The van der Waals surface area contributed by atoms with E-state index >= 15 is 0 Å². The molecule has 3 fully saturated rings. The van der Waals surface area contributed by atoms with Gasteiger partial charge in [0.1, 0.15) is 5.41 Å². The smallest absolute Gasteiger partial charge is 0.238 e. The van der Waals surface area contributed by atoms with Crippen molar-refractivity contribution in [3.05, 3.63) is 30.3 Å². The van der Waals surface area contributed by atoms with Crippen LogP contribution in [0.5, 0.6) is 0 Å². The molecule has 2 saturated heterocycles. The average Bonchev–Trinajstić information content (AvgIpc) is 3.55. The van der Waals surface area contributed by atoms with Gasteiger partial charge in [-0.3, -0.25) is 14.4 Å². The van der Waals surface area contributed by atoms with Crippen molar-refractivity contribution < 1.29 is 14.4 Å². The highest BCUT2D eigenvalue weighted by Crippen LogP contribution is 2.49. The van der Waals surface area contributed by atoms with Gasteiger partial charge in [-0.15, -0.1) is 0 Å². The average molecular weight is 384 g/mol. The molecular weight excluding hydrogens is 356 g/mol. The molecule has 0 bridgehead atoms. The number of rotatable bonds is 3. The maximum atomic E-state index is 13.2. The standard InChI is InChI=1S/C21H28N4O3/c1-17(26)22-9-13-24(14-10-22)19(27)21(7-8-21)20(28)25-15-11-23(12-16-25)18-5-3-2-4-6-18/h2-6H,7-16H2,1H3. The first kappa shape index (κ1) is 18.8. The zero-order valence-electron chi connectivity index (χ0n) is 16.5. The maximum Gasteiger partial charge on any atom is 0.238 e. The Bertz CT molecular complexity index is 746. The summed E-state index contributed by atoms with van der Waals surface area (Å²) < 4.78 is 0. The maximum absolute atomic E-state index is 13.2. The monoisotopic (exact) mass is 384 g/mol. The van der Waals surface area contributed by atoms with Crippen molar-refractivity contribution in [1.82, 2.24) is 14.7 Å². The molecule has 0 radical (unpaired) electrons. The Kier molecular flexibility index (Phi) is 5.00. The summed E-state index contributed by atoms with van der Waals surface area (Å²) in [6.07, 6.45) is 1.30. The number of amides is 3. The third-order valence-electron chi connectivity index (χ3n) is 6.27. The van der Waals surface area contributed by atoms with Crippen LogP contribution < -0.4 is 4.90 Å². The first-order chi connectivity index (χ1) is 13.5. The first-order valence-electron chi connectivity index (χ1n) is 10.2. The number of piperazine rings is 2. The van der Waals surface area contributed by atoms with Gasteiger partial charge in [-0.2, -0.15) is 0 Å². The molecule has 1 aromatic carbocycles. The number of nitrogens with zero attached hydrogens (tertiary/aromatic N) is 4. The lowest BCUT2D eigenvalue weighted by molar-refractivity contribution is -0.152. The lowest BCUT2D eigenvalue weighted by Crippen LogP contribution is -2.56. The molecule has 150 valence electrons. The van der Waals surface area contributed by atoms with E-state index in [0.29, 0.717) is 52.1 Å². The lowest BCUT2D eigenvalue weighted by Gasteiger charge is -2.39. The summed E-state index contributed by atoms with van der Waals surface area (Å²) in [5.74, 6) is 0.00555. The molecule has 0 atom stereocenters. The normalized spacial score (nSPS) is 21.5. The van der Waals surface area contributed by atoms with Crippen LogP contribution in [0.25, 0.3) is 0 Å². The van der Waals surface area contributed by atoms with E-state index in [2.05, 4.69) is 17.0 Å². The van der Waals surface area contributed by atoms with Crippen LogP contribution in [-0.4, -0.2) is 84.8 Å². The van der Waals surface area contributed by atoms with E-state index in [4.69, 9.17) is 0 Å². The highest BCUT2D eigenvalue weighted by Gasteiger charge is 2.59. The summed E-state index contributed by atoms with van der Waals surface area (Å²) in [4.78, 5) is 45.5. The summed E-state index contributed by atoms with van der Waals surface area (Å²) in [6.45, 7) is 6.60. The summed E-state index contributed by atoms with van der Waals surface area (Å²) in [5.41, 5.74) is 0.336. The van der Waals surface area contributed by atoms with Gasteiger partial charge < -0.3 is 19.6 Å². The molecule has 7 nitrogen and oxygen atoms in total. The quantitative estimate of drug-likeness (QED) is 0.724. The first-order valence-corrected chi connectivity index (χ1v) is 10.2. The largest absolute Gasteiger partial charge is 0.368 e. The second-order valence-electron chi connectivity index (χ2n) is 8.00. The Hall–Kier alpha value is -2.57. The number of carbonyl (C=O) groups excluding carboxylic acids is 3. The van der Waals surface area contributed by atoms with Crippen molar-refractivity contribution in [3.8, 4) is 0 Å². The topological polar surface area (TPSA) is 64.2 Å². The minimum Gasteiger partial charge on any atom is -0.368 e. The summed E-state index contributed by atoms with van der Waals surface area (Å²) in [5, 5.41) is 0. The highest BCUT2D eigenvalue weighted by molar-refractivity contribution is 6.08. The summed E-state index contributed by atoms with van der Waals surface area (Å²) >= 11 is 0. The van der Waals surface area contributed by atoms with E-state index in [1.165, 1.54) is 5.69 Å². The molecule has 0 aromatic heterocycles. The van der Waals surface area contributed by atoms with Crippen molar-refractivity contribution in [3.63, 3.8) is 0 Å². The second kappa shape index (κ2) is 7.45. The fourth-order valence-corrected chi connectivity index (χ4v) is 4.28. The Morgan fingerprint density at radius 2 is 1.18 bits per heavy atom. The van der Waals surface area contributed by atoms with Gasteiger partial charge in [0.15, 0.2) is 0 Å². The number of para-hydroxylation sites is 1. The molecule has 1 saturated carbocycles. The lowest BCUT2D eigenvalue weighted by atomic mass is 10.0. The van der Waals surface area contributed by atoms with Gasteiger partial charge in [0, 0.05) is 65.0 Å². The minimum atomic E-state index is -0.840. The van der Waals surface area contributed by atoms with Gasteiger partial charge in [0.25, 0.3) is 0 Å².